The Bertz CT molecular complexity index is 240. The van der Waals surface area contributed by atoms with Gasteiger partial charge in [0.25, 0.3) is 11.8 Å². The Hall–Kier alpha value is -1.43. The summed E-state index contributed by atoms with van der Waals surface area (Å²) in [4.78, 5) is 32.4. The second-order valence-electron chi connectivity index (χ2n) is 2.45. The van der Waals surface area contributed by atoms with Crippen molar-refractivity contribution in [1.82, 2.24) is 10.6 Å². The van der Waals surface area contributed by atoms with Crippen LogP contribution in [0.3, 0.4) is 0 Å². The Morgan fingerprint density at radius 2 is 1.67 bits per heavy atom. The molecule has 0 aromatic heterocycles. The number of carbonyl (C=O) groups is 3. The number of rotatable bonds is 1. The molecular weight excluding hydrogens is 164 g/mol. The second kappa shape index (κ2) is 2.56. The van der Waals surface area contributed by atoms with E-state index >= 15 is 0 Å². The van der Waals surface area contributed by atoms with Gasteiger partial charge < -0.3 is 5.11 Å². The predicted octanol–water partition coefficient (Wildman–Crippen LogP) is -1.51. The molecule has 0 aliphatic carbocycles. The van der Waals surface area contributed by atoms with Crippen molar-refractivity contribution >= 4 is 17.8 Å². The molecule has 0 spiro atoms. The first-order valence-electron chi connectivity index (χ1n) is 3.40. The number of aliphatic hydroxyl groups is 1. The Kier molecular flexibility index (Phi) is 1.85. The second-order valence-corrected chi connectivity index (χ2v) is 2.45. The van der Waals surface area contributed by atoms with Crippen LogP contribution in [0.1, 0.15) is 13.3 Å². The van der Waals surface area contributed by atoms with Crippen LogP contribution < -0.4 is 10.6 Å². The van der Waals surface area contributed by atoms with Crippen LogP contribution in [0.15, 0.2) is 0 Å². The van der Waals surface area contributed by atoms with Gasteiger partial charge in [0.15, 0.2) is 0 Å². The molecule has 66 valence electrons. The first-order chi connectivity index (χ1) is 5.50. The largest absolute Gasteiger partial charge is 0.372 e. The monoisotopic (exact) mass is 172 g/mol. The molecule has 1 saturated heterocycles. The van der Waals surface area contributed by atoms with Crippen molar-refractivity contribution in [1.29, 1.82) is 0 Å². The standard InChI is InChI=1S/C6H8N2O4/c1-2-6(12)3(9)7-5(11)8-4(6)10/h12H,2H2,1H3,(H2,7,8,9,10,11). The van der Waals surface area contributed by atoms with Crippen LogP contribution in [-0.4, -0.2) is 28.6 Å². The first-order valence-corrected chi connectivity index (χ1v) is 3.40. The molecule has 1 aliphatic heterocycles. The van der Waals surface area contributed by atoms with Gasteiger partial charge in [-0.15, -0.1) is 0 Å². The molecule has 0 saturated carbocycles. The van der Waals surface area contributed by atoms with E-state index in [1.807, 2.05) is 0 Å². The lowest BCUT2D eigenvalue weighted by atomic mass is 9.97. The fraction of sp³-hybridized carbons (Fsp3) is 0.500. The van der Waals surface area contributed by atoms with Crippen molar-refractivity contribution in [2.24, 2.45) is 0 Å². The molecule has 1 heterocycles. The number of amides is 4. The Morgan fingerprint density at radius 1 is 1.25 bits per heavy atom. The summed E-state index contributed by atoms with van der Waals surface area (Å²) in [5.74, 6) is -1.95. The average Bonchev–Trinajstić information content (AvgIpc) is 2.00. The van der Waals surface area contributed by atoms with Gasteiger partial charge in [0.2, 0.25) is 5.60 Å². The van der Waals surface area contributed by atoms with Crippen LogP contribution in [-0.2, 0) is 9.59 Å². The van der Waals surface area contributed by atoms with Crippen molar-refractivity contribution in [2.45, 2.75) is 18.9 Å². The molecule has 0 bridgehead atoms. The molecule has 3 N–H and O–H groups in total. The van der Waals surface area contributed by atoms with Gasteiger partial charge >= 0.3 is 6.03 Å². The molecule has 12 heavy (non-hydrogen) atoms. The molecular formula is C6H8N2O4. The van der Waals surface area contributed by atoms with E-state index in [0.29, 0.717) is 0 Å². The van der Waals surface area contributed by atoms with E-state index < -0.39 is 23.4 Å². The van der Waals surface area contributed by atoms with Crippen LogP contribution >= 0.6 is 0 Å². The van der Waals surface area contributed by atoms with E-state index in [9.17, 15) is 19.5 Å². The van der Waals surface area contributed by atoms with Crippen molar-refractivity contribution < 1.29 is 19.5 Å². The number of nitrogens with one attached hydrogen (secondary N) is 2. The van der Waals surface area contributed by atoms with E-state index in [2.05, 4.69) is 0 Å². The Labute approximate surface area is 67.9 Å². The van der Waals surface area contributed by atoms with Crippen molar-refractivity contribution in [3.05, 3.63) is 0 Å². The molecule has 1 fully saturated rings. The minimum Gasteiger partial charge on any atom is -0.372 e. The number of urea groups is 1. The molecule has 0 aromatic carbocycles. The minimum absolute atomic E-state index is 0.0715. The first kappa shape index (κ1) is 8.66. The molecule has 4 amide bonds. The highest BCUT2D eigenvalue weighted by molar-refractivity contribution is 6.21. The predicted molar refractivity (Wildman–Crippen MR) is 36.9 cm³/mol. The summed E-state index contributed by atoms with van der Waals surface area (Å²) in [5.41, 5.74) is -2.10. The minimum atomic E-state index is -2.10. The SMILES string of the molecule is CCC1(O)C(=O)NC(=O)NC1=O. The van der Waals surface area contributed by atoms with Gasteiger partial charge in [0, 0.05) is 0 Å². The molecule has 0 unspecified atom stereocenters. The van der Waals surface area contributed by atoms with Crippen LogP contribution in [0.5, 0.6) is 0 Å². The topological polar surface area (TPSA) is 95.5 Å². The highest BCUT2D eigenvalue weighted by Gasteiger charge is 2.47. The smallest absolute Gasteiger partial charge is 0.328 e. The lowest BCUT2D eigenvalue weighted by molar-refractivity contribution is -0.154. The van der Waals surface area contributed by atoms with Gasteiger partial charge in [-0.1, -0.05) is 6.92 Å². The molecule has 0 aromatic rings. The maximum Gasteiger partial charge on any atom is 0.328 e. The van der Waals surface area contributed by atoms with Gasteiger partial charge in [0.1, 0.15) is 0 Å². The number of barbiturate groups is 1. The third kappa shape index (κ3) is 1.06. The summed E-state index contributed by atoms with van der Waals surface area (Å²) < 4.78 is 0. The zero-order chi connectivity index (χ0) is 9.35. The summed E-state index contributed by atoms with van der Waals surface area (Å²) in [6, 6.07) is -0.900. The Balaban J connectivity index is 2.95. The molecule has 0 radical (unpaired) electrons. The lowest BCUT2D eigenvalue weighted by Gasteiger charge is -2.27. The van der Waals surface area contributed by atoms with Gasteiger partial charge in [-0.05, 0) is 6.42 Å². The number of imide groups is 2. The van der Waals surface area contributed by atoms with E-state index in [4.69, 9.17) is 0 Å². The summed E-state index contributed by atoms with van der Waals surface area (Å²) >= 11 is 0. The van der Waals surface area contributed by atoms with E-state index in [1.165, 1.54) is 6.92 Å². The van der Waals surface area contributed by atoms with E-state index in [1.54, 1.807) is 10.6 Å². The fourth-order valence-electron chi connectivity index (χ4n) is 0.868. The summed E-state index contributed by atoms with van der Waals surface area (Å²) in [6.07, 6.45) is -0.0715. The summed E-state index contributed by atoms with van der Waals surface area (Å²) in [6.45, 7) is 1.47. The number of hydrogen-bond donors (Lipinski definition) is 3. The van der Waals surface area contributed by atoms with Crippen molar-refractivity contribution in [2.75, 3.05) is 0 Å². The van der Waals surface area contributed by atoms with E-state index in [-0.39, 0.29) is 6.42 Å². The van der Waals surface area contributed by atoms with Crippen LogP contribution in [0.2, 0.25) is 0 Å². The zero-order valence-electron chi connectivity index (χ0n) is 6.38. The molecule has 0 atom stereocenters. The van der Waals surface area contributed by atoms with Crippen LogP contribution in [0.25, 0.3) is 0 Å². The quantitative estimate of drug-likeness (QED) is 0.419. The Morgan fingerprint density at radius 3 is 2.00 bits per heavy atom. The molecule has 1 aliphatic rings. The number of carbonyl (C=O) groups excluding carboxylic acids is 3. The van der Waals surface area contributed by atoms with Crippen LogP contribution in [0, 0.1) is 0 Å². The van der Waals surface area contributed by atoms with Crippen molar-refractivity contribution in [3.63, 3.8) is 0 Å². The lowest BCUT2D eigenvalue weighted by Crippen LogP contribution is -2.66. The summed E-state index contributed by atoms with van der Waals surface area (Å²) in [7, 11) is 0. The highest BCUT2D eigenvalue weighted by atomic mass is 16.3. The fourth-order valence-corrected chi connectivity index (χ4v) is 0.868. The third-order valence-corrected chi connectivity index (χ3v) is 1.72. The molecule has 1 rings (SSSR count). The summed E-state index contributed by atoms with van der Waals surface area (Å²) in [5, 5.41) is 12.9. The zero-order valence-corrected chi connectivity index (χ0v) is 6.38. The van der Waals surface area contributed by atoms with Crippen molar-refractivity contribution in [3.8, 4) is 0 Å². The normalized spacial score (nSPS) is 21.7. The van der Waals surface area contributed by atoms with Crippen LogP contribution in [0.4, 0.5) is 4.79 Å². The van der Waals surface area contributed by atoms with E-state index in [0.717, 1.165) is 0 Å². The highest BCUT2D eigenvalue weighted by Crippen LogP contribution is 2.12. The van der Waals surface area contributed by atoms with Gasteiger partial charge in [-0.25, -0.2) is 4.79 Å². The maximum absolute atomic E-state index is 10.9. The maximum atomic E-state index is 10.9. The van der Waals surface area contributed by atoms with Gasteiger partial charge in [0.05, 0.1) is 0 Å². The molecule has 6 nitrogen and oxygen atoms in total. The third-order valence-electron chi connectivity index (χ3n) is 1.72. The van der Waals surface area contributed by atoms with Gasteiger partial charge in [-0.3, -0.25) is 20.2 Å². The van der Waals surface area contributed by atoms with Gasteiger partial charge in [-0.2, -0.15) is 0 Å². The number of hydrogen-bond acceptors (Lipinski definition) is 4. The average molecular weight is 172 g/mol. The molecule has 6 heteroatoms.